The molecule has 0 aromatic carbocycles. The van der Waals surface area contributed by atoms with Gasteiger partial charge in [0.15, 0.2) is 0 Å². The molecule has 0 aliphatic carbocycles. The van der Waals surface area contributed by atoms with Gasteiger partial charge >= 0.3 is 16.4 Å². The molecule has 0 aliphatic rings. The summed E-state index contributed by atoms with van der Waals surface area (Å²) in [7, 11) is -4.66. The zero-order valence-corrected chi connectivity index (χ0v) is 28.1. The molecule has 0 bridgehead atoms. The summed E-state index contributed by atoms with van der Waals surface area (Å²) in [6.45, 7) is 8.11. The summed E-state index contributed by atoms with van der Waals surface area (Å²) in [5.41, 5.74) is 0.271. The molecule has 9 nitrogen and oxygen atoms in total. The van der Waals surface area contributed by atoms with Crippen molar-refractivity contribution in [1.82, 2.24) is 0 Å². The minimum absolute atomic E-state index is 0.131. The third-order valence-electron chi connectivity index (χ3n) is 6.85. The van der Waals surface area contributed by atoms with Crippen LogP contribution >= 0.6 is 0 Å². The molecular formula is C36H50O9S. The van der Waals surface area contributed by atoms with Gasteiger partial charge in [-0.15, -0.1) is 0 Å². The van der Waals surface area contributed by atoms with Crippen LogP contribution in [0, 0.1) is 17.8 Å². The summed E-state index contributed by atoms with van der Waals surface area (Å²) in [5, 5.41) is 29.9. The molecule has 4 N–H and O–H groups in total. The van der Waals surface area contributed by atoms with Crippen LogP contribution in [0.1, 0.15) is 53.9 Å². The molecule has 46 heavy (non-hydrogen) atoms. The van der Waals surface area contributed by atoms with Crippen molar-refractivity contribution in [2.24, 2.45) is 17.8 Å². The molecule has 0 heterocycles. The van der Waals surface area contributed by atoms with E-state index in [1.807, 2.05) is 43.4 Å². The molecule has 6 atom stereocenters. The number of carboxylic acids is 1. The van der Waals surface area contributed by atoms with Gasteiger partial charge in [-0.05, 0) is 33.1 Å². The van der Waals surface area contributed by atoms with Gasteiger partial charge in [0.05, 0.1) is 18.3 Å². The topological polar surface area (TPSA) is 158 Å². The molecular weight excluding hydrogens is 608 g/mol. The molecule has 6 unspecified atom stereocenters. The van der Waals surface area contributed by atoms with Crippen LogP contribution in [-0.4, -0.2) is 58.4 Å². The van der Waals surface area contributed by atoms with E-state index in [2.05, 4.69) is 4.18 Å². The zero-order valence-electron chi connectivity index (χ0n) is 27.3. The number of carbonyl (C=O) groups excluding carboxylic acids is 1. The van der Waals surface area contributed by atoms with Crippen molar-refractivity contribution in [1.29, 1.82) is 0 Å². The van der Waals surface area contributed by atoms with Gasteiger partial charge in [0, 0.05) is 23.3 Å². The Kier molecular flexibility index (Phi) is 22.6. The fraction of sp³-hybridized carbons (Fsp3) is 0.389. The third kappa shape index (κ3) is 21.9. The van der Waals surface area contributed by atoms with Crippen molar-refractivity contribution in [2.75, 3.05) is 0 Å². The average Bonchev–Trinajstić information content (AvgIpc) is 2.99. The van der Waals surface area contributed by atoms with Gasteiger partial charge in [-0.25, -0.2) is 8.98 Å². The number of hydrogen-bond acceptors (Lipinski definition) is 7. The largest absolute Gasteiger partial charge is 0.478 e. The molecule has 10 heteroatoms. The van der Waals surface area contributed by atoms with Gasteiger partial charge in [-0.1, -0.05) is 136 Å². The van der Waals surface area contributed by atoms with Gasteiger partial charge in [0.2, 0.25) is 0 Å². The van der Waals surface area contributed by atoms with Crippen molar-refractivity contribution in [3.63, 3.8) is 0 Å². The predicted molar refractivity (Wildman–Crippen MR) is 184 cm³/mol. The van der Waals surface area contributed by atoms with Gasteiger partial charge in [-0.2, -0.15) is 8.42 Å². The lowest BCUT2D eigenvalue weighted by molar-refractivity contribution is -0.132. The average molecular weight is 659 g/mol. The summed E-state index contributed by atoms with van der Waals surface area (Å²) in [6, 6.07) is 0. The minimum Gasteiger partial charge on any atom is -0.478 e. The predicted octanol–water partition coefficient (Wildman–Crippen LogP) is 6.60. The molecule has 0 aromatic rings. The van der Waals surface area contributed by atoms with Crippen molar-refractivity contribution in [3.8, 4) is 0 Å². The Hall–Kier alpha value is -3.67. The second-order valence-electron chi connectivity index (χ2n) is 10.7. The van der Waals surface area contributed by atoms with Crippen LogP contribution in [0.25, 0.3) is 0 Å². The first-order valence-corrected chi connectivity index (χ1v) is 16.5. The number of allylic oxidation sites excluding steroid dienone is 16. The highest BCUT2D eigenvalue weighted by molar-refractivity contribution is 7.80. The van der Waals surface area contributed by atoms with E-state index in [0.29, 0.717) is 0 Å². The third-order valence-corrected chi connectivity index (χ3v) is 7.34. The highest BCUT2D eigenvalue weighted by Gasteiger charge is 2.26. The van der Waals surface area contributed by atoms with Gasteiger partial charge in [0.25, 0.3) is 0 Å². The fourth-order valence-electron chi connectivity index (χ4n) is 3.71. The SMILES string of the molecule is CC(=O)C(C)C(CC=CC=CC=CC=CC=CC=CC(O)C(C)C(O)C(C)C=CCCC=CC=CC=C(C)C(=O)O)OS(=O)(=O)O. The van der Waals surface area contributed by atoms with E-state index in [0.717, 1.165) is 12.8 Å². The number of rotatable bonds is 22. The summed E-state index contributed by atoms with van der Waals surface area (Å²) in [6.07, 6.45) is 32.9. The van der Waals surface area contributed by atoms with Crippen LogP contribution in [0.3, 0.4) is 0 Å². The molecule has 254 valence electrons. The second-order valence-corrected chi connectivity index (χ2v) is 11.8. The van der Waals surface area contributed by atoms with E-state index in [-0.39, 0.29) is 29.6 Å². The van der Waals surface area contributed by atoms with E-state index >= 15 is 0 Å². The summed E-state index contributed by atoms with van der Waals surface area (Å²) in [5.74, 6) is -2.38. The monoisotopic (exact) mass is 658 g/mol. The van der Waals surface area contributed by atoms with Crippen molar-refractivity contribution >= 4 is 22.2 Å². The number of aliphatic carboxylic acids is 1. The summed E-state index contributed by atoms with van der Waals surface area (Å²) >= 11 is 0. The molecule has 0 fully saturated rings. The molecule has 0 saturated carbocycles. The molecule has 0 rings (SSSR count). The van der Waals surface area contributed by atoms with Crippen LogP contribution in [0.5, 0.6) is 0 Å². The normalized spacial score (nSPS) is 18.0. The van der Waals surface area contributed by atoms with Gasteiger partial charge in [-0.3, -0.25) is 9.35 Å². The van der Waals surface area contributed by atoms with Crippen LogP contribution in [0.2, 0.25) is 0 Å². The Labute approximate surface area is 274 Å². The molecule has 0 radical (unpaired) electrons. The van der Waals surface area contributed by atoms with Crippen LogP contribution in [-0.2, 0) is 24.2 Å². The molecule has 0 saturated heterocycles. The highest BCUT2D eigenvalue weighted by atomic mass is 32.3. The summed E-state index contributed by atoms with van der Waals surface area (Å²) in [4.78, 5) is 22.2. The number of hydrogen-bond donors (Lipinski definition) is 4. The van der Waals surface area contributed by atoms with Crippen molar-refractivity contribution < 1.29 is 42.1 Å². The smallest absolute Gasteiger partial charge is 0.397 e. The standard InChI is InChI=1S/C36H50O9S/c1-28(24-20-16-12-11-13-17-21-25-29(2)36(40)41)35(39)31(4)33(38)26-22-18-14-9-7-6-8-10-15-19-23-27-34(30(3)32(5)37)45-46(42,43)44/h6-11,13-15,17-26,28,30-31,33-35,38-39H,12,16,27H2,1-5H3,(H,40,41)(H,42,43,44). The number of Topliss-reactive ketones (excluding diaryl/α,β-unsaturated/α-hetero) is 1. The Balaban J connectivity index is 4.53. The maximum atomic E-state index is 11.5. The Morgan fingerprint density at radius 3 is 1.76 bits per heavy atom. The number of aliphatic hydroxyl groups excluding tert-OH is 2. The molecule has 0 amide bonds. The molecule has 0 spiro atoms. The highest BCUT2D eigenvalue weighted by Crippen LogP contribution is 2.19. The maximum absolute atomic E-state index is 11.5. The van der Waals surface area contributed by atoms with E-state index in [1.165, 1.54) is 26.8 Å². The van der Waals surface area contributed by atoms with E-state index in [1.54, 1.807) is 79.8 Å². The van der Waals surface area contributed by atoms with Crippen LogP contribution in [0.4, 0.5) is 0 Å². The fourth-order valence-corrected chi connectivity index (χ4v) is 4.27. The number of aliphatic hydroxyl groups is 2. The first-order chi connectivity index (χ1) is 21.7. The number of carboxylic acid groups (broad SMARTS) is 1. The van der Waals surface area contributed by atoms with Crippen LogP contribution in [0.15, 0.2) is 121 Å². The van der Waals surface area contributed by atoms with Crippen molar-refractivity contribution in [3.05, 3.63) is 121 Å². The number of carbonyl (C=O) groups is 2. The van der Waals surface area contributed by atoms with E-state index in [4.69, 9.17) is 9.66 Å². The molecule has 0 aromatic heterocycles. The first kappa shape index (κ1) is 42.3. The van der Waals surface area contributed by atoms with E-state index in [9.17, 15) is 28.2 Å². The lowest BCUT2D eigenvalue weighted by atomic mass is 9.88. The van der Waals surface area contributed by atoms with Crippen molar-refractivity contribution in [2.45, 2.75) is 72.2 Å². The summed E-state index contributed by atoms with van der Waals surface area (Å²) < 4.78 is 35.5. The minimum atomic E-state index is -4.66. The number of unbranched alkanes of at least 4 members (excludes halogenated alkanes) is 1. The lowest BCUT2D eigenvalue weighted by Crippen LogP contribution is -2.32. The lowest BCUT2D eigenvalue weighted by Gasteiger charge is -2.25. The quantitative estimate of drug-likeness (QED) is 0.0331. The van der Waals surface area contributed by atoms with E-state index < -0.39 is 40.6 Å². The first-order valence-electron chi connectivity index (χ1n) is 15.1. The van der Waals surface area contributed by atoms with Crippen LogP contribution < -0.4 is 0 Å². The maximum Gasteiger partial charge on any atom is 0.397 e. The Bertz CT molecular complexity index is 1320. The second kappa shape index (κ2) is 24.5. The Morgan fingerprint density at radius 2 is 1.22 bits per heavy atom. The van der Waals surface area contributed by atoms with Gasteiger partial charge in [0.1, 0.15) is 5.78 Å². The Morgan fingerprint density at radius 1 is 0.717 bits per heavy atom. The zero-order chi connectivity index (χ0) is 35.0. The van der Waals surface area contributed by atoms with Gasteiger partial charge < -0.3 is 15.3 Å². The molecule has 0 aliphatic heterocycles. The number of ketones is 1.